The molecule has 0 radical (unpaired) electrons. The highest BCUT2D eigenvalue weighted by Crippen LogP contribution is 2.27. The van der Waals surface area contributed by atoms with Gasteiger partial charge in [-0.3, -0.25) is 14.9 Å². The Morgan fingerprint density at radius 2 is 1.45 bits per heavy atom. The molecule has 0 unspecified atom stereocenters. The van der Waals surface area contributed by atoms with E-state index >= 15 is 0 Å². The lowest BCUT2D eigenvalue weighted by Gasteiger charge is -2.19. The van der Waals surface area contributed by atoms with Crippen LogP contribution in [-0.4, -0.2) is 21.5 Å². The van der Waals surface area contributed by atoms with Crippen molar-refractivity contribution in [2.75, 3.05) is 0 Å². The van der Waals surface area contributed by atoms with Crippen LogP contribution in [-0.2, 0) is 4.79 Å². The standard InChI is InChI=1S/C26H27N3O3S/c1-16(2)23-14-20(15-24(17(3)4)25(23)30)27-28-26(33-22-12-6-18(5)7-13-22)19-8-10-21(11-9-19)29(31)32/h6-17H,1-5H3. The number of benzene rings is 2. The molecule has 0 amide bonds. The second kappa shape index (κ2) is 10.5. The van der Waals surface area contributed by atoms with Crippen molar-refractivity contribution in [1.82, 2.24) is 0 Å². The summed E-state index contributed by atoms with van der Waals surface area (Å²) in [5.41, 5.74) is 3.95. The van der Waals surface area contributed by atoms with Crippen molar-refractivity contribution >= 4 is 34.0 Å². The summed E-state index contributed by atoms with van der Waals surface area (Å²) in [4.78, 5) is 24.4. The molecule has 33 heavy (non-hydrogen) atoms. The SMILES string of the molecule is Cc1ccc(SC(=NN=C2C=C(C(C)C)C(=O)C(C(C)C)=C2)c2ccc([N+](=O)[O-])cc2)cc1. The zero-order valence-electron chi connectivity index (χ0n) is 19.4. The molecule has 0 N–H and O–H groups in total. The number of carbonyl (C=O) groups excluding carboxylic acids is 1. The number of allylic oxidation sites excluding steroid dienone is 4. The topological polar surface area (TPSA) is 84.9 Å². The lowest BCUT2D eigenvalue weighted by molar-refractivity contribution is -0.384. The van der Waals surface area contributed by atoms with Gasteiger partial charge in [0.25, 0.3) is 5.69 Å². The van der Waals surface area contributed by atoms with Gasteiger partial charge in [0.05, 0.1) is 10.6 Å². The molecule has 1 aliphatic rings. The summed E-state index contributed by atoms with van der Waals surface area (Å²) in [6.07, 6.45) is 3.60. The first kappa shape index (κ1) is 24.3. The van der Waals surface area contributed by atoms with Crippen LogP contribution in [0.15, 0.2) is 86.9 Å². The molecule has 0 saturated carbocycles. The Balaban J connectivity index is 2.05. The molecule has 0 aliphatic heterocycles. The average molecular weight is 462 g/mol. The first-order valence-electron chi connectivity index (χ1n) is 10.8. The molecule has 0 bridgehead atoms. The van der Waals surface area contributed by atoms with Gasteiger partial charge in [-0.25, -0.2) is 0 Å². The second-order valence-electron chi connectivity index (χ2n) is 8.49. The fourth-order valence-corrected chi connectivity index (χ4v) is 4.09. The highest BCUT2D eigenvalue weighted by atomic mass is 32.2. The summed E-state index contributed by atoms with van der Waals surface area (Å²) < 4.78 is 0. The van der Waals surface area contributed by atoms with Gasteiger partial charge in [0, 0.05) is 33.7 Å². The molecule has 2 aromatic carbocycles. The molecule has 0 spiro atoms. The minimum absolute atomic E-state index is 0.0181. The van der Waals surface area contributed by atoms with Gasteiger partial charge in [0.2, 0.25) is 0 Å². The number of nitrogens with zero attached hydrogens (tertiary/aromatic N) is 3. The third-order valence-corrected chi connectivity index (χ3v) is 6.21. The zero-order valence-corrected chi connectivity index (χ0v) is 20.2. The zero-order chi connectivity index (χ0) is 24.1. The number of rotatable bonds is 6. The molecule has 0 heterocycles. The largest absolute Gasteiger partial charge is 0.289 e. The molecule has 0 aromatic heterocycles. The lowest BCUT2D eigenvalue weighted by Crippen LogP contribution is -2.20. The predicted molar refractivity (Wildman–Crippen MR) is 135 cm³/mol. The minimum atomic E-state index is -0.427. The molecular formula is C26H27N3O3S. The van der Waals surface area contributed by atoms with E-state index < -0.39 is 4.92 Å². The number of aryl methyl sites for hydroxylation is 1. The summed E-state index contributed by atoms with van der Waals surface area (Å²) in [6.45, 7) is 9.98. The van der Waals surface area contributed by atoms with Crippen molar-refractivity contribution in [1.29, 1.82) is 0 Å². The van der Waals surface area contributed by atoms with E-state index in [0.717, 1.165) is 27.2 Å². The number of nitro benzene ring substituents is 1. The summed E-state index contributed by atoms with van der Waals surface area (Å²) in [5.74, 6) is 0.211. The van der Waals surface area contributed by atoms with E-state index in [4.69, 9.17) is 0 Å². The third kappa shape index (κ3) is 6.14. The Labute approximate surface area is 198 Å². The highest BCUT2D eigenvalue weighted by molar-refractivity contribution is 8.14. The maximum atomic E-state index is 12.8. The summed E-state index contributed by atoms with van der Waals surface area (Å²) in [7, 11) is 0. The van der Waals surface area contributed by atoms with E-state index in [9.17, 15) is 14.9 Å². The van der Waals surface area contributed by atoms with Crippen molar-refractivity contribution in [3.05, 3.63) is 93.1 Å². The molecule has 2 aromatic rings. The summed E-state index contributed by atoms with van der Waals surface area (Å²) in [6, 6.07) is 14.3. The van der Waals surface area contributed by atoms with Gasteiger partial charge in [-0.05, 0) is 55.2 Å². The van der Waals surface area contributed by atoms with Gasteiger partial charge in [0.1, 0.15) is 5.04 Å². The molecule has 0 atom stereocenters. The van der Waals surface area contributed by atoms with Crippen molar-refractivity contribution in [2.45, 2.75) is 39.5 Å². The van der Waals surface area contributed by atoms with Crippen LogP contribution in [0.25, 0.3) is 0 Å². The number of non-ortho nitro benzene ring substituents is 1. The maximum Gasteiger partial charge on any atom is 0.269 e. The van der Waals surface area contributed by atoms with Crippen LogP contribution < -0.4 is 0 Å². The summed E-state index contributed by atoms with van der Waals surface area (Å²) >= 11 is 1.43. The normalized spacial score (nSPS) is 14.5. The third-order valence-electron chi connectivity index (χ3n) is 5.19. The van der Waals surface area contributed by atoms with E-state index in [1.165, 1.54) is 23.9 Å². The molecule has 7 heteroatoms. The smallest absolute Gasteiger partial charge is 0.269 e. The van der Waals surface area contributed by atoms with Gasteiger partial charge in [-0.2, -0.15) is 0 Å². The van der Waals surface area contributed by atoms with Gasteiger partial charge < -0.3 is 0 Å². The van der Waals surface area contributed by atoms with Gasteiger partial charge in [0.15, 0.2) is 5.78 Å². The van der Waals surface area contributed by atoms with Crippen LogP contribution in [0.5, 0.6) is 0 Å². The second-order valence-corrected chi connectivity index (χ2v) is 9.55. The summed E-state index contributed by atoms with van der Waals surface area (Å²) in [5, 5.41) is 20.6. The van der Waals surface area contributed by atoms with Crippen LogP contribution in [0.1, 0.15) is 38.8 Å². The van der Waals surface area contributed by atoms with E-state index in [1.807, 2.05) is 58.9 Å². The van der Waals surface area contributed by atoms with Crippen LogP contribution >= 0.6 is 11.8 Å². The number of ketones is 1. The fourth-order valence-electron chi connectivity index (χ4n) is 3.26. The van der Waals surface area contributed by atoms with Gasteiger partial charge in [-0.1, -0.05) is 57.2 Å². The Morgan fingerprint density at radius 3 is 1.94 bits per heavy atom. The number of nitro groups is 1. The van der Waals surface area contributed by atoms with Crippen molar-refractivity contribution < 1.29 is 9.72 Å². The Kier molecular flexibility index (Phi) is 7.76. The lowest BCUT2D eigenvalue weighted by atomic mass is 9.84. The number of carbonyl (C=O) groups is 1. The maximum absolute atomic E-state index is 12.8. The number of thioether (sulfide) groups is 1. The molecule has 0 fully saturated rings. The molecule has 170 valence electrons. The first-order chi connectivity index (χ1) is 15.7. The number of Topliss-reactive ketones (excluding diaryl/α,β-unsaturated/α-hetero) is 1. The van der Waals surface area contributed by atoms with Crippen LogP contribution in [0.3, 0.4) is 0 Å². The molecule has 1 aliphatic carbocycles. The van der Waals surface area contributed by atoms with Crippen molar-refractivity contribution in [3.63, 3.8) is 0 Å². The highest BCUT2D eigenvalue weighted by Gasteiger charge is 2.24. The fraction of sp³-hybridized carbons (Fsp3) is 0.269. The van der Waals surface area contributed by atoms with Gasteiger partial charge in [-0.15, -0.1) is 10.2 Å². The quantitative estimate of drug-likeness (QED) is 0.122. The van der Waals surface area contributed by atoms with Crippen molar-refractivity contribution in [3.8, 4) is 0 Å². The first-order valence-corrected chi connectivity index (χ1v) is 11.6. The predicted octanol–water partition coefficient (Wildman–Crippen LogP) is 6.55. The average Bonchev–Trinajstić information content (AvgIpc) is 2.78. The molecular weight excluding hydrogens is 434 g/mol. The van der Waals surface area contributed by atoms with Crippen molar-refractivity contribution in [2.24, 2.45) is 22.0 Å². The monoisotopic (exact) mass is 461 g/mol. The Bertz CT molecular complexity index is 1140. The number of hydrogen-bond donors (Lipinski definition) is 0. The molecule has 0 saturated heterocycles. The van der Waals surface area contributed by atoms with E-state index in [0.29, 0.717) is 10.8 Å². The van der Waals surface area contributed by atoms with E-state index in [2.05, 4.69) is 10.2 Å². The molecule has 6 nitrogen and oxygen atoms in total. The van der Waals surface area contributed by atoms with Crippen LogP contribution in [0.4, 0.5) is 5.69 Å². The van der Waals surface area contributed by atoms with E-state index in [1.54, 1.807) is 24.3 Å². The minimum Gasteiger partial charge on any atom is -0.289 e. The Hall–Kier alpha value is -3.32. The van der Waals surface area contributed by atoms with E-state index in [-0.39, 0.29) is 23.3 Å². The van der Waals surface area contributed by atoms with Gasteiger partial charge >= 0.3 is 0 Å². The van der Waals surface area contributed by atoms with Crippen LogP contribution in [0, 0.1) is 28.9 Å². The number of hydrogen-bond acceptors (Lipinski definition) is 6. The Morgan fingerprint density at radius 1 is 0.909 bits per heavy atom. The molecule has 3 rings (SSSR count). The van der Waals surface area contributed by atoms with Crippen LogP contribution in [0.2, 0.25) is 0 Å².